The number of amides is 2. The van der Waals surface area contributed by atoms with E-state index in [9.17, 15) is 9.59 Å². The first-order valence-electron chi connectivity index (χ1n) is 9.00. The maximum atomic E-state index is 12.7. The molecule has 2 aromatic rings. The zero-order valence-corrected chi connectivity index (χ0v) is 15.2. The van der Waals surface area contributed by atoms with E-state index in [1.54, 1.807) is 31.2 Å². The molecule has 5 nitrogen and oxygen atoms in total. The number of nitrogens with one attached hydrogen (secondary N) is 1. The number of hydrogen-bond acceptors (Lipinski definition) is 3. The third kappa shape index (κ3) is 4.04. The van der Waals surface area contributed by atoms with Gasteiger partial charge in [0.25, 0.3) is 0 Å². The van der Waals surface area contributed by atoms with Gasteiger partial charge < -0.3 is 15.0 Å². The smallest absolute Gasteiger partial charge is 0.338 e. The highest BCUT2D eigenvalue weighted by molar-refractivity contribution is 5.92. The van der Waals surface area contributed by atoms with Gasteiger partial charge in [-0.1, -0.05) is 29.8 Å². The van der Waals surface area contributed by atoms with Crippen LogP contribution in [0.5, 0.6) is 0 Å². The molecule has 136 valence electrons. The first kappa shape index (κ1) is 18.0. The van der Waals surface area contributed by atoms with E-state index in [0.29, 0.717) is 17.9 Å². The lowest BCUT2D eigenvalue weighted by Gasteiger charge is -2.25. The largest absolute Gasteiger partial charge is 0.462 e. The van der Waals surface area contributed by atoms with Crippen molar-refractivity contribution in [1.82, 2.24) is 4.90 Å². The van der Waals surface area contributed by atoms with E-state index >= 15 is 0 Å². The van der Waals surface area contributed by atoms with Crippen molar-refractivity contribution in [2.45, 2.75) is 32.7 Å². The Morgan fingerprint density at radius 1 is 1.19 bits per heavy atom. The van der Waals surface area contributed by atoms with Crippen LogP contribution in [0.3, 0.4) is 0 Å². The molecule has 26 heavy (non-hydrogen) atoms. The minimum absolute atomic E-state index is 0.105. The molecular formula is C21H24N2O3. The second kappa shape index (κ2) is 8.04. The van der Waals surface area contributed by atoms with Crippen molar-refractivity contribution in [3.63, 3.8) is 0 Å². The van der Waals surface area contributed by atoms with Crippen molar-refractivity contribution in [2.24, 2.45) is 0 Å². The summed E-state index contributed by atoms with van der Waals surface area (Å²) in [4.78, 5) is 26.3. The van der Waals surface area contributed by atoms with Gasteiger partial charge in [0.15, 0.2) is 0 Å². The average molecular weight is 352 g/mol. The maximum absolute atomic E-state index is 12.7. The Kier molecular flexibility index (Phi) is 5.56. The van der Waals surface area contributed by atoms with Crippen LogP contribution in [-0.4, -0.2) is 30.1 Å². The average Bonchev–Trinajstić information content (AvgIpc) is 3.12. The predicted molar refractivity (Wildman–Crippen MR) is 101 cm³/mol. The van der Waals surface area contributed by atoms with Crippen LogP contribution >= 0.6 is 0 Å². The zero-order valence-electron chi connectivity index (χ0n) is 15.2. The minimum atomic E-state index is -0.357. The van der Waals surface area contributed by atoms with Gasteiger partial charge >= 0.3 is 12.0 Å². The van der Waals surface area contributed by atoms with Gasteiger partial charge in [-0.2, -0.15) is 0 Å². The fourth-order valence-corrected chi connectivity index (χ4v) is 3.33. The summed E-state index contributed by atoms with van der Waals surface area (Å²) in [6.45, 7) is 4.92. The Morgan fingerprint density at radius 2 is 1.96 bits per heavy atom. The van der Waals surface area contributed by atoms with E-state index in [-0.39, 0.29) is 18.0 Å². The molecular weight excluding hydrogens is 328 g/mol. The van der Waals surface area contributed by atoms with E-state index in [1.165, 1.54) is 11.1 Å². The number of carbonyl (C=O) groups excluding carboxylic acids is 2. The number of ether oxygens (including phenoxy) is 1. The second-order valence-electron chi connectivity index (χ2n) is 6.49. The Morgan fingerprint density at radius 3 is 2.65 bits per heavy atom. The summed E-state index contributed by atoms with van der Waals surface area (Å²) in [5.41, 5.74) is 3.52. The Hall–Kier alpha value is -2.82. The SMILES string of the molecule is CCOC(=O)c1ccc(NC(=O)N2CCC[C@H]2c2cccc(C)c2)cc1. The molecule has 0 radical (unpaired) electrons. The fraction of sp³-hybridized carbons (Fsp3) is 0.333. The number of urea groups is 1. The fourth-order valence-electron chi connectivity index (χ4n) is 3.33. The Labute approximate surface area is 154 Å². The maximum Gasteiger partial charge on any atom is 0.338 e. The monoisotopic (exact) mass is 352 g/mol. The number of carbonyl (C=O) groups is 2. The lowest BCUT2D eigenvalue weighted by molar-refractivity contribution is 0.0526. The summed E-state index contributed by atoms with van der Waals surface area (Å²) in [5.74, 6) is -0.357. The van der Waals surface area contributed by atoms with Crippen molar-refractivity contribution < 1.29 is 14.3 Å². The van der Waals surface area contributed by atoms with Gasteiger partial charge in [-0.05, 0) is 56.5 Å². The van der Waals surface area contributed by atoms with Crippen molar-refractivity contribution in [1.29, 1.82) is 0 Å². The molecule has 1 atom stereocenters. The number of nitrogens with zero attached hydrogens (tertiary/aromatic N) is 1. The van der Waals surface area contributed by atoms with E-state index in [0.717, 1.165) is 19.4 Å². The molecule has 1 saturated heterocycles. The quantitative estimate of drug-likeness (QED) is 0.822. The van der Waals surface area contributed by atoms with E-state index < -0.39 is 0 Å². The van der Waals surface area contributed by atoms with Crippen LogP contribution in [0, 0.1) is 6.92 Å². The Bertz CT molecular complexity index is 786. The van der Waals surface area contributed by atoms with Gasteiger partial charge in [0.2, 0.25) is 0 Å². The molecule has 0 bridgehead atoms. The molecule has 1 aliphatic heterocycles. The lowest BCUT2D eigenvalue weighted by Crippen LogP contribution is -2.34. The molecule has 0 spiro atoms. The molecule has 0 unspecified atom stereocenters. The topological polar surface area (TPSA) is 58.6 Å². The number of anilines is 1. The van der Waals surface area contributed by atoms with Crippen LogP contribution in [0.1, 0.15) is 47.3 Å². The molecule has 2 aromatic carbocycles. The number of aryl methyl sites for hydroxylation is 1. The summed E-state index contributed by atoms with van der Waals surface area (Å²) < 4.78 is 4.97. The molecule has 3 rings (SSSR count). The molecule has 1 fully saturated rings. The number of rotatable bonds is 4. The molecule has 1 N–H and O–H groups in total. The van der Waals surface area contributed by atoms with Gasteiger partial charge in [-0.3, -0.25) is 0 Å². The molecule has 1 heterocycles. The van der Waals surface area contributed by atoms with Crippen molar-refractivity contribution in [3.8, 4) is 0 Å². The van der Waals surface area contributed by atoms with Gasteiger partial charge in [-0.15, -0.1) is 0 Å². The highest BCUT2D eigenvalue weighted by atomic mass is 16.5. The first-order chi connectivity index (χ1) is 12.6. The third-order valence-electron chi connectivity index (χ3n) is 4.59. The molecule has 0 aromatic heterocycles. The number of likely N-dealkylation sites (tertiary alicyclic amines) is 1. The van der Waals surface area contributed by atoms with Crippen LogP contribution in [0.15, 0.2) is 48.5 Å². The number of hydrogen-bond donors (Lipinski definition) is 1. The standard InChI is InChI=1S/C21H24N2O3/c1-3-26-20(24)16-9-11-18(12-10-16)22-21(25)23-13-5-8-19(23)17-7-4-6-15(2)14-17/h4,6-7,9-12,14,19H,3,5,8,13H2,1-2H3,(H,22,25)/t19-/m0/s1. The summed E-state index contributed by atoms with van der Waals surface area (Å²) in [5, 5.41) is 2.93. The predicted octanol–water partition coefficient (Wildman–Crippen LogP) is 4.54. The van der Waals surface area contributed by atoms with Gasteiger partial charge in [0.05, 0.1) is 18.2 Å². The van der Waals surface area contributed by atoms with Crippen molar-refractivity contribution >= 4 is 17.7 Å². The van der Waals surface area contributed by atoms with Gasteiger partial charge in [0.1, 0.15) is 0 Å². The summed E-state index contributed by atoms with van der Waals surface area (Å²) >= 11 is 0. The van der Waals surface area contributed by atoms with E-state index in [2.05, 4.69) is 30.4 Å². The number of benzene rings is 2. The van der Waals surface area contributed by atoms with Crippen LogP contribution < -0.4 is 5.32 Å². The second-order valence-corrected chi connectivity index (χ2v) is 6.49. The van der Waals surface area contributed by atoms with Crippen molar-refractivity contribution in [2.75, 3.05) is 18.5 Å². The van der Waals surface area contributed by atoms with Gasteiger partial charge in [0, 0.05) is 12.2 Å². The summed E-state index contributed by atoms with van der Waals surface area (Å²) in [7, 11) is 0. The molecule has 5 heteroatoms. The minimum Gasteiger partial charge on any atom is -0.462 e. The molecule has 1 aliphatic rings. The highest BCUT2D eigenvalue weighted by Crippen LogP contribution is 2.32. The summed E-state index contributed by atoms with van der Waals surface area (Å²) in [6, 6.07) is 15.1. The van der Waals surface area contributed by atoms with E-state index in [1.807, 2.05) is 11.0 Å². The highest BCUT2D eigenvalue weighted by Gasteiger charge is 2.30. The van der Waals surface area contributed by atoms with Crippen molar-refractivity contribution in [3.05, 3.63) is 65.2 Å². The van der Waals surface area contributed by atoms with Crippen LogP contribution in [0.2, 0.25) is 0 Å². The Balaban J connectivity index is 1.68. The third-order valence-corrected chi connectivity index (χ3v) is 4.59. The number of esters is 1. The molecule has 2 amide bonds. The molecule has 0 saturated carbocycles. The lowest BCUT2D eigenvalue weighted by atomic mass is 10.0. The first-order valence-corrected chi connectivity index (χ1v) is 9.00. The summed E-state index contributed by atoms with van der Waals surface area (Å²) in [6.07, 6.45) is 1.96. The normalized spacial score (nSPS) is 16.4. The van der Waals surface area contributed by atoms with Crippen LogP contribution in [0.4, 0.5) is 10.5 Å². The van der Waals surface area contributed by atoms with E-state index in [4.69, 9.17) is 4.74 Å². The van der Waals surface area contributed by atoms with Crippen LogP contribution in [0.25, 0.3) is 0 Å². The zero-order chi connectivity index (χ0) is 18.5. The van der Waals surface area contributed by atoms with Gasteiger partial charge in [-0.25, -0.2) is 9.59 Å². The molecule has 0 aliphatic carbocycles. The van der Waals surface area contributed by atoms with Crippen LogP contribution in [-0.2, 0) is 4.74 Å².